The number of carbonyl (C=O) groups excluding carboxylic acids is 1. The molecule has 1 fully saturated rings. The van der Waals surface area contributed by atoms with E-state index in [9.17, 15) is 4.79 Å². The molecule has 1 atom stereocenters. The Kier molecular flexibility index (Phi) is 6.58. The molecule has 0 saturated carbocycles. The second-order valence-electron chi connectivity index (χ2n) is 8.47. The summed E-state index contributed by atoms with van der Waals surface area (Å²) < 4.78 is 5.20. The van der Waals surface area contributed by atoms with Crippen LogP contribution in [0.25, 0.3) is 0 Å². The molecule has 5 heteroatoms. The molecule has 2 aliphatic heterocycles. The molecule has 0 unspecified atom stereocenters. The van der Waals surface area contributed by atoms with E-state index in [0.717, 1.165) is 43.8 Å². The largest absolute Gasteiger partial charge is 0.497 e. The average molecular weight is 408 g/mol. The Labute approximate surface area is 180 Å². The van der Waals surface area contributed by atoms with E-state index in [-0.39, 0.29) is 11.9 Å². The van der Waals surface area contributed by atoms with Gasteiger partial charge in [-0.1, -0.05) is 24.3 Å². The van der Waals surface area contributed by atoms with Crippen molar-refractivity contribution in [1.82, 2.24) is 10.2 Å². The molecular formula is C25H33N3O2. The van der Waals surface area contributed by atoms with Gasteiger partial charge in [0.05, 0.1) is 13.2 Å². The van der Waals surface area contributed by atoms with Crippen molar-refractivity contribution in [3.63, 3.8) is 0 Å². The highest BCUT2D eigenvalue weighted by atomic mass is 16.5. The highest BCUT2D eigenvalue weighted by Gasteiger charge is 2.26. The normalized spacial score (nSPS) is 17.1. The molecule has 160 valence electrons. The lowest BCUT2D eigenvalue weighted by atomic mass is 10.0. The number of amides is 1. The highest BCUT2D eigenvalue weighted by Crippen LogP contribution is 2.32. The van der Waals surface area contributed by atoms with Crippen LogP contribution in [0.1, 0.15) is 42.0 Å². The van der Waals surface area contributed by atoms with Crippen LogP contribution in [0.15, 0.2) is 42.5 Å². The van der Waals surface area contributed by atoms with Gasteiger partial charge in [0.15, 0.2) is 0 Å². The van der Waals surface area contributed by atoms with Crippen LogP contribution in [0.4, 0.5) is 5.69 Å². The Morgan fingerprint density at radius 3 is 2.60 bits per heavy atom. The Morgan fingerprint density at radius 2 is 1.87 bits per heavy atom. The van der Waals surface area contributed by atoms with Crippen LogP contribution in [0.2, 0.25) is 0 Å². The molecule has 1 N–H and O–H groups in total. The third kappa shape index (κ3) is 4.78. The molecule has 2 aliphatic rings. The maximum Gasteiger partial charge on any atom is 0.220 e. The lowest BCUT2D eigenvalue weighted by molar-refractivity contribution is -0.121. The predicted molar refractivity (Wildman–Crippen MR) is 121 cm³/mol. The Balaban J connectivity index is 1.37. The monoisotopic (exact) mass is 407 g/mol. The molecule has 2 aromatic rings. The summed E-state index contributed by atoms with van der Waals surface area (Å²) in [4.78, 5) is 17.4. The first-order valence-corrected chi connectivity index (χ1v) is 11.1. The summed E-state index contributed by atoms with van der Waals surface area (Å²) in [5, 5.41) is 3.21. The topological polar surface area (TPSA) is 44.8 Å². The summed E-state index contributed by atoms with van der Waals surface area (Å²) in [6, 6.07) is 15.1. The van der Waals surface area contributed by atoms with Crippen molar-refractivity contribution in [2.75, 3.05) is 45.2 Å². The van der Waals surface area contributed by atoms with Crippen LogP contribution in [-0.4, -0.2) is 51.1 Å². The Bertz CT molecular complexity index is 859. The SMILES string of the molecule is COc1ccc(CCC(=O)NC[C@H](c2ccc3c(c2)CCN3C)N2CCCC2)cc1. The molecule has 5 nitrogen and oxygen atoms in total. The number of nitrogens with zero attached hydrogens (tertiary/aromatic N) is 2. The minimum Gasteiger partial charge on any atom is -0.497 e. The molecule has 0 radical (unpaired) electrons. The zero-order chi connectivity index (χ0) is 20.9. The van der Waals surface area contributed by atoms with Gasteiger partial charge in [0.25, 0.3) is 0 Å². The predicted octanol–water partition coefficient (Wildman–Crippen LogP) is 3.57. The maximum atomic E-state index is 12.6. The number of nitrogens with one attached hydrogen (secondary N) is 1. The number of benzene rings is 2. The van der Waals surface area contributed by atoms with Crippen molar-refractivity contribution in [3.8, 4) is 5.75 Å². The van der Waals surface area contributed by atoms with Gasteiger partial charge in [-0.25, -0.2) is 0 Å². The number of likely N-dealkylation sites (N-methyl/N-ethyl adjacent to an activating group) is 1. The van der Waals surface area contributed by atoms with Gasteiger partial charge < -0.3 is 15.0 Å². The molecule has 30 heavy (non-hydrogen) atoms. The molecular weight excluding hydrogens is 374 g/mol. The summed E-state index contributed by atoms with van der Waals surface area (Å²) in [6.07, 6.45) is 4.86. The molecule has 0 aliphatic carbocycles. The number of hydrogen-bond donors (Lipinski definition) is 1. The highest BCUT2D eigenvalue weighted by molar-refractivity contribution is 5.76. The molecule has 0 spiro atoms. The number of likely N-dealkylation sites (tertiary alicyclic amines) is 1. The molecule has 1 saturated heterocycles. The second-order valence-corrected chi connectivity index (χ2v) is 8.47. The number of fused-ring (bicyclic) bond motifs is 1. The zero-order valence-corrected chi connectivity index (χ0v) is 18.2. The van der Waals surface area contributed by atoms with E-state index in [0.29, 0.717) is 13.0 Å². The van der Waals surface area contributed by atoms with Crippen molar-refractivity contribution in [3.05, 3.63) is 59.2 Å². The van der Waals surface area contributed by atoms with E-state index in [4.69, 9.17) is 4.74 Å². The van der Waals surface area contributed by atoms with Gasteiger partial charge in [0, 0.05) is 32.2 Å². The smallest absolute Gasteiger partial charge is 0.220 e. The van der Waals surface area contributed by atoms with Crippen molar-refractivity contribution in [2.45, 2.75) is 38.1 Å². The molecule has 4 rings (SSSR count). The van der Waals surface area contributed by atoms with E-state index >= 15 is 0 Å². The van der Waals surface area contributed by atoms with Crippen molar-refractivity contribution in [1.29, 1.82) is 0 Å². The fourth-order valence-electron chi connectivity index (χ4n) is 4.65. The quantitative estimate of drug-likeness (QED) is 0.727. The van der Waals surface area contributed by atoms with E-state index in [2.05, 4.69) is 40.4 Å². The number of ether oxygens (including phenoxy) is 1. The Morgan fingerprint density at radius 1 is 1.10 bits per heavy atom. The third-order valence-electron chi connectivity index (χ3n) is 6.49. The molecule has 2 aromatic carbocycles. The summed E-state index contributed by atoms with van der Waals surface area (Å²) in [5.41, 5.74) is 5.28. The number of carbonyl (C=O) groups is 1. The number of aryl methyl sites for hydroxylation is 1. The standard InChI is InChI=1S/C25H33N3O2/c1-27-16-13-21-17-20(8-11-23(21)27)24(28-14-3-4-15-28)18-26-25(29)12-7-19-5-9-22(30-2)10-6-19/h5-6,8-11,17,24H,3-4,7,12-16,18H2,1-2H3,(H,26,29)/t24-/m1/s1. The summed E-state index contributed by atoms with van der Waals surface area (Å²) in [5.74, 6) is 0.966. The van der Waals surface area contributed by atoms with E-state index in [1.165, 1.54) is 29.7 Å². The second kappa shape index (κ2) is 9.52. The third-order valence-corrected chi connectivity index (χ3v) is 6.49. The van der Waals surface area contributed by atoms with Gasteiger partial charge >= 0.3 is 0 Å². The maximum absolute atomic E-state index is 12.6. The van der Waals surface area contributed by atoms with Gasteiger partial charge in [0.1, 0.15) is 5.75 Å². The molecule has 0 bridgehead atoms. The lowest BCUT2D eigenvalue weighted by Crippen LogP contribution is -2.37. The first-order valence-electron chi connectivity index (χ1n) is 11.1. The summed E-state index contributed by atoms with van der Waals surface area (Å²) >= 11 is 0. The van der Waals surface area contributed by atoms with Crippen molar-refractivity contribution >= 4 is 11.6 Å². The van der Waals surface area contributed by atoms with Crippen LogP contribution in [0.5, 0.6) is 5.75 Å². The van der Waals surface area contributed by atoms with E-state index in [1.807, 2.05) is 24.3 Å². The molecule has 1 amide bonds. The van der Waals surface area contributed by atoms with Crippen LogP contribution in [0, 0.1) is 0 Å². The molecule has 0 aromatic heterocycles. The minimum atomic E-state index is 0.121. The first-order chi connectivity index (χ1) is 14.6. The van der Waals surface area contributed by atoms with Gasteiger partial charge in [0.2, 0.25) is 5.91 Å². The van der Waals surface area contributed by atoms with Crippen LogP contribution >= 0.6 is 0 Å². The number of methoxy groups -OCH3 is 1. The van der Waals surface area contributed by atoms with Crippen molar-refractivity contribution < 1.29 is 9.53 Å². The van der Waals surface area contributed by atoms with E-state index < -0.39 is 0 Å². The lowest BCUT2D eigenvalue weighted by Gasteiger charge is -2.29. The van der Waals surface area contributed by atoms with Gasteiger partial charge in [-0.2, -0.15) is 0 Å². The van der Waals surface area contributed by atoms with Crippen molar-refractivity contribution in [2.24, 2.45) is 0 Å². The number of hydrogen-bond acceptors (Lipinski definition) is 4. The van der Waals surface area contributed by atoms with Crippen LogP contribution in [-0.2, 0) is 17.6 Å². The fourth-order valence-corrected chi connectivity index (χ4v) is 4.65. The number of anilines is 1. The number of rotatable bonds is 8. The van der Waals surface area contributed by atoms with E-state index in [1.54, 1.807) is 7.11 Å². The fraction of sp³-hybridized carbons (Fsp3) is 0.480. The Hall–Kier alpha value is -2.53. The first kappa shape index (κ1) is 20.7. The summed E-state index contributed by atoms with van der Waals surface area (Å²) in [7, 11) is 3.82. The zero-order valence-electron chi connectivity index (χ0n) is 18.2. The van der Waals surface area contributed by atoms with Gasteiger partial charge in [-0.05, 0) is 73.7 Å². The van der Waals surface area contributed by atoms with Gasteiger partial charge in [-0.3, -0.25) is 9.69 Å². The minimum absolute atomic E-state index is 0.121. The van der Waals surface area contributed by atoms with Crippen LogP contribution in [0.3, 0.4) is 0 Å². The average Bonchev–Trinajstić information content (AvgIpc) is 3.43. The van der Waals surface area contributed by atoms with Crippen LogP contribution < -0.4 is 15.0 Å². The summed E-state index contributed by atoms with van der Waals surface area (Å²) in [6.45, 7) is 4.00. The molecule has 2 heterocycles. The van der Waals surface area contributed by atoms with Gasteiger partial charge in [-0.15, -0.1) is 0 Å².